The molecule has 0 aromatic carbocycles. The number of halogens is 2. The first-order chi connectivity index (χ1) is 5.65. The summed E-state index contributed by atoms with van der Waals surface area (Å²) in [5.74, 6) is 0.0117. The summed E-state index contributed by atoms with van der Waals surface area (Å²) in [4.78, 5) is 2.80. The Labute approximate surface area is 83.5 Å². The third-order valence-electron chi connectivity index (χ3n) is 1.51. The van der Waals surface area contributed by atoms with Crippen LogP contribution >= 0.6 is 27.5 Å². The lowest BCUT2D eigenvalue weighted by atomic mass is 10.2. The maximum absolute atomic E-state index is 9.42. The normalized spacial score (nSPS) is 16.0. The van der Waals surface area contributed by atoms with Gasteiger partial charge in [0.1, 0.15) is 6.10 Å². The molecule has 0 aliphatic carbocycles. The van der Waals surface area contributed by atoms with E-state index in [1.807, 2.05) is 0 Å². The highest BCUT2D eigenvalue weighted by Gasteiger charge is 2.18. The van der Waals surface area contributed by atoms with Crippen molar-refractivity contribution in [2.24, 2.45) is 0 Å². The molecule has 2 atom stereocenters. The van der Waals surface area contributed by atoms with E-state index in [0.29, 0.717) is 5.69 Å². The molecule has 2 unspecified atom stereocenters. The summed E-state index contributed by atoms with van der Waals surface area (Å²) in [6.07, 6.45) is -0.203. The molecule has 0 aliphatic heterocycles. The van der Waals surface area contributed by atoms with Crippen molar-refractivity contribution < 1.29 is 10.2 Å². The van der Waals surface area contributed by atoms with Gasteiger partial charge in [0.05, 0.1) is 12.0 Å². The van der Waals surface area contributed by atoms with Gasteiger partial charge in [-0.2, -0.15) is 0 Å². The van der Waals surface area contributed by atoms with E-state index < -0.39 is 12.2 Å². The number of nitrogens with one attached hydrogen (secondary N) is 1. The summed E-state index contributed by atoms with van der Waals surface area (Å²) in [6.45, 7) is 0. The van der Waals surface area contributed by atoms with Crippen LogP contribution in [0.3, 0.4) is 0 Å². The van der Waals surface area contributed by atoms with Crippen LogP contribution in [-0.4, -0.2) is 27.2 Å². The first kappa shape index (κ1) is 10.1. The average Bonchev–Trinajstić information content (AvgIpc) is 2.49. The number of hydrogen-bond acceptors (Lipinski definition) is 2. The van der Waals surface area contributed by atoms with E-state index in [1.54, 1.807) is 12.3 Å². The van der Waals surface area contributed by atoms with E-state index >= 15 is 0 Å². The fourth-order valence-electron chi connectivity index (χ4n) is 0.847. The van der Waals surface area contributed by atoms with Crippen LogP contribution in [0, 0.1) is 0 Å². The van der Waals surface area contributed by atoms with Crippen molar-refractivity contribution in [3.05, 3.63) is 22.4 Å². The van der Waals surface area contributed by atoms with Gasteiger partial charge in [-0.1, -0.05) is 0 Å². The van der Waals surface area contributed by atoms with Gasteiger partial charge in [0.15, 0.2) is 0 Å². The lowest BCUT2D eigenvalue weighted by Gasteiger charge is -2.13. The van der Waals surface area contributed by atoms with Crippen molar-refractivity contribution in [2.45, 2.75) is 12.2 Å². The molecule has 1 aromatic heterocycles. The second kappa shape index (κ2) is 4.28. The Bertz CT molecular complexity index is 253. The average molecular weight is 255 g/mol. The van der Waals surface area contributed by atoms with E-state index in [9.17, 15) is 10.2 Å². The summed E-state index contributed by atoms with van der Waals surface area (Å²) < 4.78 is 0.832. The molecule has 0 bridgehead atoms. The highest BCUT2D eigenvalue weighted by Crippen LogP contribution is 2.20. The molecule has 0 saturated carbocycles. The number of rotatable bonds is 3. The van der Waals surface area contributed by atoms with Crippen LogP contribution in [0.4, 0.5) is 0 Å². The Morgan fingerprint density at radius 2 is 2.25 bits per heavy atom. The van der Waals surface area contributed by atoms with E-state index in [1.165, 1.54) is 0 Å². The monoisotopic (exact) mass is 253 g/mol. The molecule has 0 fully saturated rings. The Kier molecular flexibility index (Phi) is 3.58. The predicted molar refractivity (Wildman–Crippen MR) is 50.2 cm³/mol. The van der Waals surface area contributed by atoms with Crippen molar-refractivity contribution in [3.8, 4) is 0 Å². The van der Waals surface area contributed by atoms with Crippen LogP contribution in [0.1, 0.15) is 11.8 Å². The van der Waals surface area contributed by atoms with Gasteiger partial charge < -0.3 is 15.2 Å². The van der Waals surface area contributed by atoms with Crippen molar-refractivity contribution in [1.29, 1.82) is 0 Å². The van der Waals surface area contributed by atoms with Gasteiger partial charge in [-0.25, -0.2) is 0 Å². The highest BCUT2D eigenvalue weighted by molar-refractivity contribution is 9.10. The first-order valence-electron chi connectivity index (χ1n) is 3.41. The van der Waals surface area contributed by atoms with Crippen LogP contribution in [0.5, 0.6) is 0 Å². The fraction of sp³-hybridized carbons (Fsp3) is 0.429. The minimum absolute atomic E-state index is 0.0117. The molecule has 3 N–H and O–H groups in total. The lowest BCUT2D eigenvalue weighted by molar-refractivity contribution is 0.0303. The standard InChI is InChI=1S/C7H9BrClNO2/c8-4-1-5(10-3-4)7(12)6(11)2-9/h1,3,6-7,10-12H,2H2. The van der Waals surface area contributed by atoms with Gasteiger partial charge in [0.2, 0.25) is 0 Å². The van der Waals surface area contributed by atoms with Crippen molar-refractivity contribution in [3.63, 3.8) is 0 Å². The second-order valence-electron chi connectivity index (χ2n) is 2.44. The third kappa shape index (κ3) is 2.23. The summed E-state index contributed by atoms with van der Waals surface area (Å²) in [7, 11) is 0. The molecule has 0 saturated heterocycles. The van der Waals surface area contributed by atoms with E-state index in [-0.39, 0.29) is 5.88 Å². The largest absolute Gasteiger partial charge is 0.389 e. The number of aromatic amines is 1. The number of aliphatic hydroxyl groups excluding tert-OH is 2. The number of alkyl halides is 1. The molecule has 0 spiro atoms. The van der Waals surface area contributed by atoms with E-state index in [0.717, 1.165) is 4.47 Å². The van der Waals surface area contributed by atoms with Crippen LogP contribution in [0.15, 0.2) is 16.7 Å². The fourth-order valence-corrected chi connectivity index (χ4v) is 1.38. The second-order valence-corrected chi connectivity index (χ2v) is 3.66. The molecular weight excluding hydrogens is 245 g/mol. The minimum atomic E-state index is -0.950. The number of hydrogen-bond donors (Lipinski definition) is 3. The highest BCUT2D eigenvalue weighted by atomic mass is 79.9. The van der Waals surface area contributed by atoms with Gasteiger partial charge in [-0.15, -0.1) is 11.6 Å². The van der Waals surface area contributed by atoms with Gasteiger partial charge >= 0.3 is 0 Å². The Hall–Kier alpha value is -0.0300. The number of aliphatic hydroxyl groups is 2. The number of aromatic nitrogens is 1. The summed E-state index contributed by atoms with van der Waals surface area (Å²) in [5, 5.41) is 18.6. The number of H-pyrrole nitrogens is 1. The predicted octanol–water partition coefficient (Wildman–Crippen LogP) is 1.41. The van der Waals surface area contributed by atoms with Gasteiger partial charge in [-0.05, 0) is 22.0 Å². The zero-order chi connectivity index (χ0) is 9.14. The van der Waals surface area contributed by atoms with Gasteiger partial charge in [-0.3, -0.25) is 0 Å². The molecule has 3 nitrogen and oxygen atoms in total. The van der Waals surface area contributed by atoms with E-state index in [2.05, 4.69) is 20.9 Å². The molecule has 12 heavy (non-hydrogen) atoms. The van der Waals surface area contributed by atoms with Crippen molar-refractivity contribution in [2.75, 3.05) is 5.88 Å². The molecule has 0 radical (unpaired) electrons. The first-order valence-corrected chi connectivity index (χ1v) is 4.74. The molecule has 1 heterocycles. The SMILES string of the molecule is OC(CCl)C(O)c1cc(Br)c[nH]1. The molecule has 1 aromatic rings. The van der Waals surface area contributed by atoms with Crippen LogP contribution in [0.25, 0.3) is 0 Å². The molecule has 0 amide bonds. The molecule has 1 rings (SSSR count). The Morgan fingerprint density at radius 1 is 1.58 bits per heavy atom. The maximum atomic E-state index is 9.42. The molecule has 5 heteroatoms. The van der Waals surface area contributed by atoms with Crippen molar-refractivity contribution >= 4 is 27.5 Å². The maximum Gasteiger partial charge on any atom is 0.121 e. The van der Waals surface area contributed by atoms with Gasteiger partial charge in [0.25, 0.3) is 0 Å². The topological polar surface area (TPSA) is 56.2 Å². The van der Waals surface area contributed by atoms with E-state index in [4.69, 9.17) is 11.6 Å². The van der Waals surface area contributed by atoms with Crippen LogP contribution in [-0.2, 0) is 0 Å². The van der Waals surface area contributed by atoms with Gasteiger partial charge in [0, 0.05) is 16.4 Å². The lowest BCUT2D eigenvalue weighted by Crippen LogP contribution is -2.19. The summed E-state index contributed by atoms with van der Waals surface area (Å²) in [5.41, 5.74) is 0.551. The molecular formula is C7H9BrClNO2. The quantitative estimate of drug-likeness (QED) is 0.715. The summed E-state index contributed by atoms with van der Waals surface area (Å²) >= 11 is 8.58. The molecule has 0 aliphatic rings. The van der Waals surface area contributed by atoms with Crippen LogP contribution < -0.4 is 0 Å². The zero-order valence-corrected chi connectivity index (χ0v) is 8.51. The Balaban J connectivity index is 2.70. The molecule has 68 valence electrons. The summed E-state index contributed by atoms with van der Waals surface area (Å²) in [6, 6.07) is 1.69. The van der Waals surface area contributed by atoms with Crippen molar-refractivity contribution in [1.82, 2.24) is 4.98 Å². The zero-order valence-electron chi connectivity index (χ0n) is 6.17. The minimum Gasteiger partial charge on any atom is -0.389 e. The third-order valence-corrected chi connectivity index (χ3v) is 2.29. The Morgan fingerprint density at radius 3 is 2.67 bits per heavy atom. The van der Waals surface area contributed by atoms with Crippen LogP contribution in [0.2, 0.25) is 0 Å². The smallest absolute Gasteiger partial charge is 0.121 e.